The molecule has 2 bridgehead atoms. The molecule has 222 valence electrons. The number of alkyl halides is 1. The third-order valence-corrected chi connectivity index (χ3v) is 9.88. The van der Waals surface area contributed by atoms with Crippen LogP contribution in [0.25, 0.3) is 10.9 Å². The Kier molecular flexibility index (Phi) is 6.32. The fraction of sp³-hybridized carbons (Fsp3) is 0.724. The topological polar surface area (TPSA) is 83.9 Å². The van der Waals surface area contributed by atoms with Crippen molar-refractivity contribution < 1.29 is 23.0 Å². The summed E-state index contributed by atoms with van der Waals surface area (Å²) >= 11 is 6.23. The number of halogens is 3. The smallest absolute Gasteiger partial charge is 0.319 e. The lowest BCUT2D eigenvalue weighted by Crippen LogP contribution is -2.65. The molecule has 0 spiro atoms. The highest BCUT2D eigenvalue weighted by Gasteiger charge is 2.53. The number of pyridine rings is 1. The van der Waals surface area contributed by atoms with Crippen molar-refractivity contribution in [1.82, 2.24) is 24.8 Å². The van der Waals surface area contributed by atoms with Crippen LogP contribution in [0, 0.1) is 11.2 Å². The lowest BCUT2D eigenvalue weighted by atomic mass is 9.90. The Morgan fingerprint density at radius 1 is 1.22 bits per heavy atom. The Labute approximate surface area is 243 Å². The predicted molar refractivity (Wildman–Crippen MR) is 150 cm³/mol. The fourth-order valence-electron chi connectivity index (χ4n) is 8.04. The van der Waals surface area contributed by atoms with E-state index < -0.39 is 17.5 Å². The molecule has 12 heteroatoms. The number of hydrogen-bond acceptors (Lipinski definition) is 8. The van der Waals surface area contributed by atoms with Crippen molar-refractivity contribution in [2.75, 3.05) is 31.1 Å². The predicted octanol–water partition coefficient (Wildman–Crippen LogP) is 4.54. The van der Waals surface area contributed by atoms with Crippen molar-refractivity contribution in [2.24, 2.45) is 5.41 Å². The van der Waals surface area contributed by atoms with Gasteiger partial charge in [0.05, 0.1) is 17.6 Å². The third-order valence-electron chi connectivity index (χ3n) is 9.63. The number of carbonyl (C=O) groups excluding carboxylic acids is 1. The van der Waals surface area contributed by atoms with Crippen LogP contribution in [-0.2, 0) is 4.79 Å². The van der Waals surface area contributed by atoms with Gasteiger partial charge < -0.3 is 19.3 Å². The summed E-state index contributed by atoms with van der Waals surface area (Å²) in [5.41, 5.74) is -0.541. The quantitative estimate of drug-likeness (QED) is 0.480. The molecule has 5 aliphatic rings. The zero-order valence-corrected chi connectivity index (χ0v) is 24.8. The highest BCUT2D eigenvalue weighted by Crippen LogP contribution is 2.47. The molecule has 2 aromatic heterocycles. The average molecular weight is 591 g/mol. The first-order valence-electron chi connectivity index (χ1n) is 14.8. The molecule has 4 fully saturated rings. The minimum atomic E-state index is -0.891. The number of rotatable bonds is 4. The van der Waals surface area contributed by atoms with E-state index in [1.165, 1.54) is 0 Å². The lowest BCUT2D eigenvalue weighted by molar-refractivity contribution is -0.138. The molecule has 6 atom stereocenters. The van der Waals surface area contributed by atoms with Crippen molar-refractivity contribution in [3.63, 3.8) is 0 Å². The molecule has 0 aromatic carbocycles. The van der Waals surface area contributed by atoms with Crippen LogP contribution in [0.1, 0.15) is 66.2 Å². The van der Waals surface area contributed by atoms with Gasteiger partial charge >= 0.3 is 6.01 Å². The van der Waals surface area contributed by atoms with Gasteiger partial charge in [0.15, 0.2) is 11.0 Å². The first-order chi connectivity index (χ1) is 19.4. The number of carbonyl (C=O) groups is 1. The van der Waals surface area contributed by atoms with E-state index in [0.717, 1.165) is 32.2 Å². The molecule has 0 saturated carbocycles. The van der Waals surface area contributed by atoms with E-state index >= 15 is 4.39 Å². The van der Waals surface area contributed by atoms with Gasteiger partial charge in [0, 0.05) is 32.0 Å². The summed E-state index contributed by atoms with van der Waals surface area (Å²) in [6, 6.07) is -0.292. The van der Waals surface area contributed by atoms with E-state index in [-0.39, 0.29) is 64.7 Å². The van der Waals surface area contributed by atoms with Gasteiger partial charge in [-0.05, 0) is 44.6 Å². The second-order valence-corrected chi connectivity index (χ2v) is 14.1. The van der Waals surface area contributed by atoms with Gasteiger partial charge in [0.25, 0.3) is 0 Å². The number of hydrogen-bond donors (Lipinski definition) is 0. The van der Waals surface area contributed by atoms with E-state index in [4.69, 9.17) is 26.1 Å². The van der Waals surface area contributed by atoms with E-state index in [0.29, 0.717) is 37.1 Å². The number of ether oxygens (including phenoxy) is 2. The van der Waals surface area contributed by atoms with Crippen LogP contribution < -0.4 is 14.4 Å². The monoisotopic (exact) mass is 590 g/mol. The normalized spacial score (nSPS) is 32.6. The van der Waals surface area contributed by atoms with Gasteiger partial charge in [-0.25, -0.2) is 8.78 Å². The molecular weight excluding hydrogens is 554 g/mol. The maximum atomic E-state index is 15.5. The summed E-state index contributed by atoms with van der Waals surface area (Å²) in [5.74, 6) is 0.0365. The molecule has 0 aliphatic carbocycles. The molecule has 4 saturated heterocycles. The zero-order valence-electron chi connectivity index (χ0n) is 24.0. The molecular formula is C29H37ClF2N6O3. The lowest BCUT2D eigenvalue weighted by Gasteiger charge is -2.48. The maximum absolute atomic E-state index is 15.5. The summed E-state index contributed by atoms with van der Waals surface area (Å²) in [6.07, 6.45) is 3.13. The van der Waals surface area contributed by atoms with Crippen molar-refractivity contribution >= 4 is 34.2 Å². The highest BCUT2D eigenvalue weighted by molar-refractivity contribution is 6.30. The highest BCUT2D eigenvalue weighted by atomic mass is 35.5. The molecule has 41 heavy (non-hydrogen) atoms. The number of anilines is 1. The molecule has 7 heterocycles. The van der Waals surface area contributed by atoms with Crippen LogP contribution in [0.5, 0.6) is 11.9 Å². The van der Waals surface area contributed by atoms with E-state index in [1.54, 1.807) is 0 Å². The number of amides is 1. The first kappa shape index (κ1) is 27.3. The Morgan fingerprint density at radius 3 is 2.80 bits per heavy atom. The zero-order chi connectivity index (χ0) is 28.8. The summed E-state index contributed by atoms with van der Waals surface area (Å²) < 4.78 is 42.4. The molecule has 9 nitrogen and oxygen atoms in total. The number of aromatic nitrogens is 3. The van der Waals surface area contributed by atoms with Gasteiger partial charge in [-0.1, -0.05) is 32.4 Å². The van der Waals surface area contributed by atoms with Crippen LogP contribution in [0.15, 0.2) is 0 Å². The van der Waals surface area contributed by atoms with Gasteiger partial charge in [-0.15, -0.1) is 0 Å². The van der Waals surface area contributed by atoms with Gasteiger partial charge in [0.2, 0.25) is 11.8 Å². The van der Waals surface area contributed by atoms with Crippen LogP contribution in [0.4, 0.5) is 14.6 Å². The Hall–Kier alpha value is -2.53. The summed E-state index contributed by atoms with van der Waals surface area (Å²) in [6.45, 7) is 10.2. The van der Waals surface area contributed by atoms with E-state index in [2.05, 4.69) is 45.4 Å². The minimum Gasteiger partial charge on any atom is -0.472 e. The number of fused-ring (bicyclic) bond motifs is 6. The van der Waals surface area contributed by atoms with Crippen LogP contribution >= 0.6 is 11.6 Å². The van der Waals surface area contributed by atoms with E-state index in [9.17, 15) is 9.18 Å². The largest absolute Gasteiger partial charge is 0.472 e. The SMILES string of the molecule is C[C@@H]1Oc2nc(Cl)c(F)c3nc(OC[C@@]45CCCN4C[C@H](F)C5)nc(c23)N2C[C@H]3CC[C@@H]([C@@H]12)N3C(=O)CC(C)(C)C. The molecule has 2 aromatic rings. The summed E-state index contributed by atoms with van der Waals surface area (Å²) in [7, 11) is 0. The average Bonchev–Trinajstić information content (AvgIpc) is 3.49. The van der Waals surface area contributed by atoms with Crippen molar-refractivity contribution in [1.29, 1.82) is 0 Å². The van der Waals surface area contributed by atoms with Gasteiger partial charge in [-0.3, -0.25) is 9.69 Å². The third kappa shape index (κ3) is 4.40. The van der Waals surface area contributed by atoms with Gasteiger partial charge in [-0.2, -0.15) is 15.0 Å². The molecule has 0 unspecified atom stereocenters. The second-order valence-electron chi connectivity index (χ2n) is 13.7. The van der Waals surface area contributed by atoms with Crippen molar-refractivity contribution in [2.45, 2.75) is 102 Å². The molecule has 0 N–H and O–H groups in total. The number of nitrogens with zero attached hydrogens (tertiary/aromatic N) is 6. The van der Waals surface area contributed by atoms with Crippen molar-refractivity contribution in [3.05, 3.63) is 11.0 Å². The van der Waals surface area contributed by atoms with Gasteiger partial charge in [0.1, 0.15) is 35.6 Å². The maximum Gasteiger partial charge on any atom is 0.319 e. The fourth-order valence-corrected chi connectivity index (χ4v) is 8.20. The second kappa shape index (κ2) is 9.49. The Balaban J connectivity index is 1.28. The standard InChI is InChI=1S/C29H37ClF2N6O3/c1-15-23-18-7-6-17(38(18)19(39)11-28(2,3)4)13-37(23)25-20-22(21(32)24(30)34-26(20)41-15)33-27(35-25)40-14-29-8-5-9-36(29)12-16(31)10-29/h15-18,23H,5-14H2,1-4H3/t15-,16+,17+,18-,23+,29-/m0/s1. The Bertz CT molecular complexity index is 1410. The van der Waals surface area contributed by atoms with E-state index in [1.807, 2.05) is 6.92 Å². The minimum absolute atomic E-state index is 0.00486. The van der Waals surface area contributed by atoms with Crippen LogP contribution in [0.2, 0.25) is 5.15 Å². The Morgan fingerprint density at radius 2 is 2.02 bits per heavy atom. The van der Waals surface area contributed by atoms with Crippen LogP contribution in [0.3, 0.4) is 0 Å². The van der Waals surface area contributed by atoms with Crippen molar-refractivity contribution in [3.8, 4) is 11.9 Å². The molecule has 7 rings (SSSR count). The first-order valence-corrected chi connectivity index (χ1v) is 15.1. The molecule has 0 radical (unpaired) electrons. The number of piperazine rings is 1. The summed E-state index contributed by atoms with van der Waals surface area (Å²) in [4.78, 5) is 33.4. The molecule has 5 aliphatic heterocycles. The summed E-state index contributed by atoms with van der Waals surface area (Å²) in [5, 5.41) is 0.0168. The molecule has 1 amide bonds. The van der Waals surface area contributed by atoms with Crippen LogP contribution in [-0.4, -0.2) is 92.8 Å².